The molecule has 3 nitrogen and oxygen atoms in total. The molecule has 0 aromatic carbocycles. The normalized spacial score (nSPS) is 20.8. The molecule has 108 valence electrons. The molecule has 0 saturated carbocycles. The maximum absolute atomic E-state index is 3.63. The number of nitrogens with zero attached hydrogens (tertiary/aromatic N) is 2. The molecule has 0 aromatic heterocycles. The molecule has 1 rings (SSSR count). The minimum Gasteiger partial charge on any atom is -0.315 e. The molecule has 1 unspecified atom stereocenters. The van der Waals surface area contributed by atoms with Gasteiger partial charge in [0.15, 0.2) is 0 Å². The fourth-order valence-corrected chi connectivity index (χ4v) is 2.72. The molecule has 0 amide bonds. The Labute approximate surface area is 114 Å². The molecule has 1 N–H and O–H groups in total. The minimum atomic E-state index is 0.697. The van der Waals surface area contributed by atoms with E-state index in [1.54, 1.807) is 0 Å². The summed E-state index contributed by atoms with van der Waals surface area (Å²) in [5.41, 5.74) is 0. The highest BCUT2D eigenvalue weighted by molar-refractivity contribution is 4.82. The highest BCUT2D eigenvalue weighted by Crippen LogP contribution is 2.13. The van der Waals surface area contributed by atoms with E-state index in [9.17, 15) is 0 Å². The summed E-state index contributed by atoms with van der Waals surface area (Å²) in [4.78, 5) is 5.24. The van der Waals surface area contributed by atoms with Crippen molar-refractivity contribution in [3.05, 3.63) is 0 Å². The first-order valence-corrected chi connectivity index (χ1v) is 7.71. The van der Waals surface area contributed by atoms with Gasteiger partial charge in [-0.2, -0.15) is 0 Å². The van der Waals surface area contributed by atoms with Gasteiger partial charge in [-0.1, -0.05) is 34.6 Å². The molecular weight excluding hydrogens is 222 g/mol. The Hall–Kier alpha value is -0.120. The Morgan fingerprint density at radius 2 is 1.56 bits per heavy atom. The maximum atomic E-state index is 3.63. The van der Waals surface area contributed by atoms with Crippen LogP contribution in [0.2, 0.25) is 0 Å². The number of hydrogen-bond donors (Lipinski definition) is 1. The van der Waals surface area contributed by atoms with Crippen LogP contribution in [0.4, 0.5) is 0 Å². The van der Waals surface area contributed by atoms with Crippen LogP contribution in [0.15, 0.2) is 0 Å². The molecule has 1 heterocycles. The predicted octanol–water partition coefficient (Wildman–Crippen LogP) is 1.89. The second-order valence-electron chi connectivity index (χ2n) is 6.33. The van der Waals surface area contributed by atoms with Crippen molar-refractivity contribution in [3.8, 4) is 0 Å². The molecule has 0 aliphatic carbocycles. The number of hydrogen-bond acceptors (Lipinski definition) is 3. The number of piperazine rings is 1. The lowest BCUT2D eigenvalue weighted by atomic mass is 10.0. The van der Waals surface area contributed by atoms with E-state index >= 15 is 0 Å². The van der Waals surface area contributed by atoms with E-state index in [-0.39, 0.29) is 0 Å². The monoisotopic (exact) mass is 255 g/mol. The molecule has 1 saturated heterocycles. The summed E-state index contributed by atoms with van der Waals surface area (Å²) < 4.78 is 0. The van der Waals surface area contributed by atoms with Crippen LogP contribution in [-0.4, -0.2) is 61.7 Å². The number of nitrogens with one attached hydrogen (secondary N) is 1. The molecule has 0 spiro atoms. The second kappa shape index (κ2) is 8.13. The van der Waals surface area contributed by atoms with Crippen molar-refractivity contribution < 1.29 is 0 Å². The van der Waals surface area contributed by atoms with Crippen LogP contribution in [0.5, 0.6) is 0 Å². The Balaban J connectivity index is 2.37. The van der Waals surface area contributed by atoms with Crippen LogP contribution in [-0.2, 0) is 0 Å². The van der Waals surface area contributed by atoms with Gasteiger partial charge in [-0.3, -0.25) is 4.90 Å². The Morgan fingerprint density at radius 1 is 0.944 bits per heavy atom. The van der Waals surface area contributed by atoms with E-state index in [1.165, 1.54) is 32.7 Å². The fraction of sp³-hybridized carbons (Fsp3) is 1.00. The van der Waals surface area contributed by atoms with E-state index in [1.807, 2.05) is 0 Å². The third-order valence-electron chi connectivity index (χ3n) is 4.00. The minimum absolute atomic E-state index is 0.697. The van der Waals surface area contributed by atoms with Crippen molar-refractivity contribution in [3.63, 3.8) is 0 Å². The summed E-state index contributed by atoms with van der Waals surface area (Å²) in [7, 11) is 0. The SMILES string of the molecule is CCN1CCN(C(CNCC(C)C)C(C)C)CC1. The third kappa shape index (κ3) is 5.25. The standard InChI is InChI=1S/C15H33N3/c1-6-17-7-9-18(10-8-17)15(14(4)5)12-16-11-13(2)3/h13-16H,6-12H2,1-5H3. The zero-order chi connectivity index (χ0) is 13.5. The zero-order valence-corrected chi connectivity index (χ0v) is 13.1. The number of rotatable bonds is 7. The molecule has 1 aliphatic heterocycles. The van der Waals surface area contributed by atoms with Crippen LogP contribution in [0.1, 0.15) is 34.6 Å². The molecule has 0 bridgehead atoms. The third-order valence-corrected chi connectivity index (χ3v) is 4.00. The van der Waals surface area contributed by atoms with E-state index in [0.717, 1.165) is 24.9 Å². The summed E-state index contributed by atoms with van der Waals surface area (Å²) in [6, 6.07) is 0.697. The van der Waals surface area contributed by atoms with Gasteiger partial charge >= 0.3 is 0 Å². The van der Waals surface area contributed by atoms with Crippen molar-refractivity contribution in [2.45, 2.75) is 40.7 Å². The fourth-order valence-electron chi connectivity index (χ4n) is 2.72. The van der Waals surface area contributed by atoms with Gasteiger partial charge in [-0.15, -0.1) is 0 Å². The van der Waals surface area contributed by atoms with Crippen molar-refractivity contribution >= 4 is 0 Å². The summed E-state index contributed by atoms with van der Waals surface area (Å²) >= 11 is 0. The topological polar surface area (TPSA) is 18.5 Å². The average Bonchev–Trinajstić information content (AvgIpc) is 2.34. The van der Waals surface area contributed by atoms with Crippen molar-refractivity contribution in [2.75, 3.05) is 45.8 Å². The first-order chi connectivity index (χ1) is 8.54. The molecular formula is C15H33N3. The Bertz CT molecular complexity index is 208. The summed E-state index contributed by atoms with van der Waals surface area (Å²) in [5, 5.41) is 3.63. The molecule has 0 aromatic rings. The molecule has 1 fully saturated rings. The van der Waals surface area contributed by atoms with Gasteiger partial charge < -0.3 is 10.2 Å². The van der Waals surface area contributed by atoms with Crippen molar-refractivity contribution in [1.82, 2.24) is 15.1 Å². The van der Waals surface area contributed by atoms with Crippen molar-refractivity contribution in [2.24, 2.45) is 11.8 Å². The van der Waals surface area contributed by atoms with E-state index in [0.29, 0.717) is 6.04 Å². The van der Waals surface area contributed by atoms with E-state index in [2.05, 4.69) is 49.7 Å². The average molecular weight is 255 g/mol. The smallest absolute Gasteiger partial charge is 0.0244 e. The van der Waals surface area contributed by atoms with Crippen molar-refractivity contribution in [1.29, 1.82) is 0 Å². The van der Waals surface area contributed by atoms with Gasteiger partial charge in [0, 0.05) is 38.8 Å². The van der Waals surface area contributed by atoms with Gasteiger partial charge in [-0.05, 0) is 24.9 Å². The van der Waals surface area contributed by atoms with Crippen LogP contribution in [0.25, 0.3) is 0 Å². The molecule has 1 aliphatic rings. The van der Waals surface area contributed by atoms with E-state index in [4.69, 9.17) is 0 Å². The Kier molecular flexibility index (Phi) is 7.20. The van der Waals surface area contributed by atoms with Crippen LogP contribution >= 0.6 is 0 Å². The first-order valence-electron chi connectivity index (χ1n) is 7.71. The highest BCUT2D eigenvalue weighted by Gasteiger charge is 2.25. The number of likely N-dealkylation sites (N-methyl/N-ethyl adjacent to an activating group) is 1. The van der Waals surface area contributed by atoms with Gasteiger partial charge in [0.25, 0.3) is 0 Å². The van der Waals surface area contributed by atoms with Crippen LogP contribution in [0, 0.1) is 11.8 Å². The second-order valence-corrected chi connectivity index (χ2v) is 6.33. The van der Waals surface area contributed by atoms with Gasteiger partial charge in [0.2, 0.25) is 0 Å². The van der Waals surface area contributed by atoms with Crippen LogP contribution < -0.4 is 5.32 Å². The summed E-state index contributed by atoms with van der Waals surface area (Å²) in [5.74, 6) is 1.48. The molecule has 3 heteroatoms. The quantitative estimate of drug-likeness (QED) is 0.749. The van der Waals surface area contributed by atoms with E-state index < -0.39 is 0 Å². The maximum Gasteiger partial charge on any atom is 0.0244 e. The van der Waals surface area contributed by atoms with Gasteiger partial charge in [0.05, 0.1) is 0 Å². The molecule has 0 radical (unpaired) electrons. The summed E-state index contributed by atoms with van der Waals surface area (Å²) in [6.07, 6.45) is 0. The molecule has 1 atom stereocenters. The molecule has 18 heavy (non-hydrogen) atoms. The summed E-state index contributed by atoms with van der Waals surface area (Å²) in [6.45, 7) is 20.0. The lowest BCUT2D eigenvalue weighted by Crippen LogP contribution is -2.54. The largest absolute Gasteiger partial charge is 0.315 e. The van der Waals surface area contributed by atoms with Gasteiger partial charge in [0.1, 0.15) is 0 Å². The van der Waals surface area contributed by atoms with Gasteiger partial charge in [-0.25, -0.2) is 0 Å². The van der Waals surface area contributed by atoms with Crippen LogP contribution in [0.3, 0.4) is 0 Å². The Morgan fingerprint density at radius 3 is 2.00 bits per heavy atom. The lowest BCUT2D eigenvalue weighted by molar-refractivity contribution is 0.0781. The predicted molar refractivity (Wildman–Crippen MR) is 80.0 cm³/mol. The zero-order valence-electron chi connectivity index (χ0n) is 13.1. The highest BCUT2D eigenvalue weighted by atomic mass is 15.3. The first kappa shape index (κ1) is 15.9. The lowest BCUT2D eigenvalue weighted by Gasteiger charge is -2.41.